The molecule has 154 valence electrons. The van der Waals surface area contributed by atoms with Crippen LogP contribution in [0.5, 0.6) is 5.75 Å². The smallest absolute Gasteiger partial charge is 0.417 e. The van der Waals surface area contributed by atoms with Gasteiger partial charge in [-0.3, -0.25) is 0 Å². The number of likely N-dealkylation sites (N-methyl/N-ethyl adjacent to an activating group) is 1. The summed E-state index contributed by atoms with van der Waals surface area (Å²) in [6, 6.07) is 9.14. The third-order valence-corrected chi connectivity index (χ3v) is 5.82. The van der Waals surface area contributed by atoms with Gasteiger partial charge in [-0.05, 0) is 50.0 Å². The predicted molar refractivity (Wildman–Crippen MR) is 101 cm³/mol. The molecule has 0 amide bonds. The zero-order valence-electron chi connectivity index (χ0n) is 15.4. The highest BCUT2D eigenvalue weighted by Gasteiger charge is 2.37. The number of nitrogens with one attached hydrogen (secondary N) is 1. The van der Waals surface area contributed by atoms with Crippen LogP contribution in [-0.4, -0.2) is 41.1 Å². The maximum absolute atomic E-state index is 13.3. The van der Waals surface area contributed by atoms with E-state index >= 15 is 0 Å². The van der Waals surface area contributed by atoms with E-state index in [1.165, 1.54) is 7.11 Å². The molecule has 0 fully saturated rings. The number of halogens is 4. The van der Waals surface area contributed by atoms with Crippen molar-refractivity contribution in [1.29, 1.82) is 0 Å². The Balaban J connectivity index is 2.33. The number of methoxy groups -OCH3 is 1. The third kappa shape index (κ3) is 5.38. The Morgan fingerprint density at radius 3 is 2.43 bits per heavy atom. The first kappa shape index (κ1) is 22.5. The lowest BCUT2D eigenvalue weighted by molar-refractivity contribution is -0.139. The minimum Gasteiger partial charge on any atom is -0.497 e. The normalized spacial score (nSPS) is 13.6. The van der Waals surface area contributed by atoms with Crippen LogP contribution >= 0.6 is 11.6 Å². The van der Waals surface area contributed by atoms with E-state index in [0.717, 1.165) is 17.7 Å². The van der Waals surface area contributed by atoms with Gasteiger partial charge in [-0.1, -0.05) is 23.7 Å². The van der Waals surface area contributed by atoms with Crippen LogP contribution in [0.2, 0.25) is 5.02 Å². The highest BCUT2D eigenvalue weighted by molar-refractivity contribution is 7.89. The molecule has 0 saturated heterocycles. The van der Waals surface area contributed by atoms with E-state index in [-0.39, 0.29) is 11.6 Å². The Bertz CT molecular complexity index is 934. The van der Waals surface area contributed by atoms with E-state index in [9.17, 15) is 21.6 Å². The molecule has 2 aromatic rings. The fraction of sp³-hybridized carbons (Fsp3) is 0.333. The molecule has 1 unspecified atom stereocenters. The molecule has 0 heterocycles. The van der Waals surface area contributed by atoms with Crippen LogP contribution in [0.3, 0.4) is 0 Å². The van der Waals surface area contributed by atoms with E-state index < -0.39 is 32.7 Å². The van der Waals surface area contributed by atoms with Gasteiger partial charge in [-0.2, -0.15) is 13.2 Å². The van der Waals surface area contributed by atoms with Crippen molar-refractivity contribution in [2.75, 3.05) is 27.7 Å². The van der Waals surface area contributed by atoms with Gasteiger partial charge in [0.1, 0.15) is 5.75 Å². The minimum atomic E-state index is -4.86. The van der Waals surface area contributed by atoms with Crippen LogP contribution in [-0.2, 0) is 16.2 Å². The average molecular weight is 437 g/mol. The van der Waals surface area contributed by atoms with E-state index in [0.29, 0.717) is 11.8 Å². The third-order valence-electron chi connectivity index (χ3n) is 4.11. The Hall–Kier alpha value is -1.81. The zero-order chi connectivity index (χ0) is 21.1. The fourth-order valence-electron chi connectivity index (χ4n) is 2.67. The monoisotopic (exact) mass is 436 g/mol. The summed E-state index contributed by atoms with van der Waals surface area (Å²) >= 11 is 5.62. The Kier molecular flexibility index (Phi) is 6.97. The molecule has 0 aliphatic carbocycles. The van der Waals surface area contributed by atoms with E-state index in [4.69, 9.17) is 16.3 Å². The summed E-state index contributed by atoms with van der Waals surface area (Å²) in [4.78, 5) is 0.886. The molecular formula is C18H20ClF3N2O3S. The quantitative estimate of drug-likeness (QED) is 0.714. The van der Waals surface area contributed by atoms with Crippen molar-refractivity contribution in [1.82, 2.24) is 9.62 Å². The number of hydrogen-bond donors (Lipinski definition) is 1. The maximum atomic E-state index is 13.3. The van der Waals surface area contributed by atoms with Crippen molar-refractivity contribution < 1.29 is 26.3 Å². The topological polar surface area (TPSA) is 58.6 Å². The van der Waals surface area contributed by atoms with E-state index in [1.54, 1.807) is 43.3 Å². The van der Waals surface area contributed by atoms with Crippen molar-refractivity contribution in [3.63, 3.8) is 0 Å². The summed E-state index contributed by atoms with van der Waals surface area (Å²) in [5, 5.41) is -0.200. The molecule has 10 heteroatoms. The SMILES string of the molecule is COc1cccc(C(CNS(=O)(=O)c2ccc(Cl)cc2C(F)(F)F)N(C)C)c1. The molecule has 0 saturated carbocycles. The van der Waals surface area contributed by atoms with Gasteiger partial charge in [0, 0.05) is 17.6 Å². The number of ether oxygens (including phenoxy) is 1. The lowest BCUT2D eigenvalue weighted by atomic mass is 10.1. The lowest BCUT2D eigenvalue weighted by Crippen LogP contribution is -2.35. The molecular weight excluding hydrogens is 417 g/mol. The fourth-order valence-corrected chi connectivity index (χ4v) is 4.09. The van der Waals surface area contributed by atoms with Gasteiger partial charge in [0.05, 0.1) is 17.6 Å². The number of alkyl halides is 3. The molecule has 5 nitrogen and oxygen atoms in total. The van der Waals surface area contributed by atoms with E-state index in [1.807, 2.05) is 0 Å². The van der Waals surface area contributed by atoms with Gasteiger partial charge in [0.25, 0.3) is 0 Å². The second-order valence-corrected chi connectivity index (χ2v) is 8.42. The van der Waals surface area contributed by atoms with Gasteiger partial charge >= 0.3 is 6.18 Å². The van der Waals surface area contributed by atoms with Crippen molar-refractivity contribution in [2.24, 2.45) is 0 Å². The molecule has 2 rings (SSSR count). The summed E-state index contributed by atoms with van der Waals surface area (Å²) in [7, 11) is 0.552. The number of hydrogen-bond acceptors (Lipinski definition) is 4. The Morgan fingerprint density at radius 2 is 1.86 bits per heavy atom. The lowest BCUT2D eigenvalue weighted by Gasteiger charge is -2.25. The molecule has 0 aliphatic rings. The molecule has 0 aliphatic heterocycles. The molecule has 28 heavy (non-hydrogen) atoms. The van der Waals surface area contributed by atoms with Gasteiger partial charge in [-0.15, -0.1) is 0 Å². The first-order chi connectivity index (χ1) is 13.0. The first-order valence-corrected chi connectivity index (χ1v) is 9.98. The van der Waals surface area contributed by atoms with Crippen molar-refractivity contribution >= 4 is 21.6 Å². The van der Waals surface area contributed by atoms with Crippen molar-refractivity contribution in [3.8, 4) is 5.75 Å². The van der Waals surface area contributed by atoms with Crippen molar-refractivity contribution in [3.05, 3.63) is 58.6 Å². The predicted octanol–water partition coefficient (Wildman–Crippen LogP) is 3.95. The number of rotatable bonds is 7. The number of nitrogens with zero attached hydrogens (tertiary/aromatic N) is 1. The second-order valence-electron chi connectivity index (χ2n) is 6.25. The minimum absolute atomic E-state index is 0.136. The van der Waals surface area contributed by atoms with Gasteiger partial charge in [0.15, 0.2) is 0 Å². The number of sulfonamides is 1. The Labute approximate surface area is 167 Å². The summed E-state index contributed by atoms with van der Waals surface area (Å²) in [5.41, 5.74) is -0.561. The summed E-state index contributed by atoms with van der Waals surface area (Å²) in [6.45, 7) is -0.136. The van der Waals surface area contributed by atoms with Crippen LogP contribution in [0.25, 0.3) is 0 Å². The summed E-state index contributed by atoms with van der Waals surface area (Å²) in [6.07, 6.45) is -4.86. The van der Waals surface area contributed by atoms with Crippen LogP contribution in [0.4, 0.5) is 13.2 Å². The zero-order valence-corrected chi connectivity index (χ0v) is 17.0. The molecule has 1 atom stereocenters. The molecule has 0 bridgehead atoms. The van der Waals surface area contributed by atoms with Crippen LogP contribution in [0.15, 0.2) is 47.4 Å². The van der Waals surface area contributed by atoms with Gasteiger partial charge in [-0.25, -0.2) is 13.1 Å². The summed E-state index contributed by atoms with van der Waals surface area (Å²) < 4.78 is 72.4. The molecule has 0 spiro atoms. The van der Waals surface area contributed by atoms with Gasteiger partial charge in [0.2, 0.25) is 10.0 Å². The van der Waals surface area contributed by atoms with Crippen LogP contribution in [0, 0.1) is 0 Å². The highest BCUT2D eigenvalue weighted by Crippen LogP contribution is 2.36. The molecule has 2 aromatic carbocycles. The highest BCUT2D eigenvalue weighted by atomic mass is 35.5. The largest absolute Gasteiger partial charge is 0.497 e. The Morgan fingerprint density at radius 1 is 1.18 bits per heavy atom. The summed E-state index contributed by atoms with van der Waals surface area (Å²) in [5.74, 6) is 0.587. The number of benzene rings is 2. The first-order valence-electron chi connectivity index (χ1n) is 8.12. The molecule has 1 N–H and O–H groups in total. The maximum Gasteiger partial charge on any atom is 0.417 e. The van der Waals surface area contributed by atoms with Crippen LogP contribution in [0.1, 0.15) is 17.2 Å². The molecule has 0 radical (unpaired) electrons. The van der Waals surface area contributed by atoms with E-state index in [2.05, 4.69) is 4.72 Å². The van der Waals surface area contributed by atoms with Crippen LogP contribution < -0.4 is 9.46 Å². The second kappa shape index (κ2) is 8.69. The van der Waals surface area contributed by atoms with Crippen molar-refractivity contribution in [2.45, 2.75) is 17.1 Å². The average Bonchev–Trinajstić information content (AvgIpc) is 2.60. The molecule has 0 aromatic heterocycles. The van der Waals surface area contributed by atoms with Gasteiger partial charge < -0.3 is 9.64 Å². The standard InChI is InChI=1S/C18H20ClF3N2O3S/c1-24(2)16(12-5-4-6-14(9-12)27-3)11-23-28(25,26)17-8-7-13(19)10-15(17)18(20,21)22/h4-10,16,23H,11H2,1-3H3.